The average Bonchev–Trinajstić information content (AvgIpc) is 2.30. The predicted molar refractivity (Wildman–Crippen MR) is 65.5 cm³/mol. The van der Waals surface area contributed by atoms with Gasteiger partial charge in [-0.2, -0.15) is 10.5 Å². The van der Waals surface area contributed by atoms with E-state index >= 15 is 0 Å². The number of hydrogen-bond acceptors (Lipinski definition) is 5. The van der Waals surface area contributed by atoms with Gasteiger partial charge in [0.1, 0.15) is 5.82 Å². The van der Waals surface area contributed by atoms with Gasteiger partial charge in [0.2, 0.25) is 0 Å². The minimum absolute atomic E-state index is 0.318. The van der Waals surface area contributed by atoms with Crippen molar-refractivity contribution in [2.24, 2.45) is 11.1 Å². The van der Waals surface area contributed by atoms with Gasteiger partial charge in [0, 0.05) is 11.0 Å². The maximum atomic E-state index is 9.29. The van der Waals surface area contributed by atoms with Crippen molar-refractivity contribution in [3.05, 3.63) is 22.0 Å². The zero-order chi connectivity index (χ0) is 12.5. The summed E-state index contributed by atoms with van der Waals surface area (Å²) >= 11 is 5.16. The molecule has 1 aliphatic heterocycles. The molecule has 0 aromatic rings. The van der Waals surface area contributed by atoms with Crippen LogP contribution < -0.4 is 11.1 Å². The van der Waals surface area contributed by atoms with E-state index in [2.05, 4.69) is 17.5 Å². The molecule has 0 atom stereocenters. The highest BCUT2D eigenvalue weighted by molar-refractivity contribution is 7.63. The van der Waals surface area contributed by atoms with Gasteiger partial charge in [-0.3, -0.25) is 0 Å². The third-order valence-corrected chi connectivity index (χ3v) is 3.94. The quantitative estimate of drug-likeness (QED) is 0.632. The van der Waals surface area contributed by atoms with Crippen LogP contribution in [0.1, 0.15) is 32.1 Å². The van der Waals surface area contributed by atoms with Crippen LogP contribution in [0.15, 0.2) is 22.0 Å². The summed E-state index contributed by atoms with van der Waals surface area (Å²) in [4.78, 5) is 0. The topological polar surface area (TPSA) is 85.6 Å². The summed E-state index contributed by atoms with van der Waals surface area (Å²) in [5.41, 5.74) is 6.32. The van der Waals surface area contributed by atoms with Crippen LogP contribution in [0.25, 0.3) is 0 Å². The normalized spacial score (nSPS) is 22.9. The van der Waals surface area contributed by atoms with Crippen LogP contribution in [0.3, 0.4) is 0 Å². The van der Waals surface area contributed by atoms with Gasteiger partial charge < -0.3 is 23.7 Å². The number of nitrogens with zero attached hydrogens (tertiary/aromatic N) is 2. The van der Waals surface area contributed by atoms with E-state index < -0.39 is 5.41 Å². The summed E-state index contributed by atoms with van der Waals surface area (Å²) in [6, 6.07) is 4.33. The number of dihydropyridines is 1. The highest BCUT2D eigenvalue weighted by Crippen LogP contribution is 2.50. The Labute approximate surface area is 106 Å². The lowest BCUT2D eigenvalue weighted by atomic mass is 9.64. The van der Waals surface area contributed by atoms with Gasteiger partial charge in [-0.05, 0) is 12.8 Å². The smallest absolute Gasteiger partial charge is 0.114 e. The Morgan fingerprint density at radius 1 is 1.12 bits per heavy atom. The van der Waals surface area contributed by atoms with E-state index in [1.165, 1.54) is 0 Å². The molecule has 2 rings (SSSR count). The first-order valence-electron chi connectivity index (χ1n) is 5.65. The molecule has 2 aliphatic rings. The second-order valence-corrected chi connectivity index (χ2v) is 4.89. The molecule has 1 heterocycles. The van der Waals surface area contributed by atoms with Crippen LogP contribution in [0, 0.1) is 28.1 Å². The number of hydrogen-bond donors (Lipinski definition) is 2. The molecule has 0 amide bonds. The second kappa shape index (κ2) is 4.27. The maximum Gasteiger partial charge on any atom is 0.114 e. The lowest BCUT2D eigenvalue weighted by Crippen LogP contribution is -2.39. The lowest BCUT2D eigenvalue weighted by Gasteiger charge is -2.43. The Hall–Kier alpha value is -1.72. The molecule has 88 valence electrons. The highest BCUT2D eigenvalue weighted by atomic mass is 32.1. The standard InChI is InChI=1S/C12H14N4S/c13-6-8-10(15)16-11(17)9(7-14)12(8)4-2-1-3-5-12/h16-17H,1-5,15H2/p-1. The first-order chi connectivity index (χ1) is 8.15. The fraction of sp³-hybridized carbons (Fsp3) is 0.500. The molecule has 0 aromatic heterocycles. The number of nitrogens with two attached hydrogens (primary N) is 1. The van der Waals surface area contributed by atoms with E-state index in [4.69, 9.17) is 18.4 Å². The number of nitrogens with one attached hydrogen (secondary N) is 1. The van der Waals surface area contributed by atoms with Gasteiger partial charge in [0.25, 0.3) is 0 Å². The van der Waals surface area contributed by atoms with Crippen molar-refractivity contribution in [1.29, 1.82) is 10.5 Å². The number of nitriles is 2. The van der Waals surface area contributed by atoms with Gasteiger partial charge in [-0.25, -0.2) is 0 Å². The molecule has 4 nitrogen and oxygen atoms in total. The Morgan fingerprint density at radius 2 is 1.71 bits per heavy atom. The van der Waals surface area contributed by atoms with Crippen molar-refractivity contribution < 1.29 is 0 Å². The van der Waals surface area contributed by atoms with Crippen molar-refractivity contribution >= 4 is 12.6 Å². The number of rotatable bonds is 0. The molecule has 1 aliphatic carbocycles. The summed E-state index contributed by atoms with van der Waals surface area (Å²) in [6.07, 6.45) is 4.74. The molecule has 1 saturated carbocycles. The largest absolute Gasteiger partial charge is 0.761 e. The molecule has 17 heavy (non-hydrogen) atoms. The van der Waals surface area contributed by atoms with Crippen LogP contribution in [0.4, 0.5) is 0 Å². The summed E-state index contributed by atoms with van der Waals surface area (Å²) in [6.45, 7) is 0. The van der Waals surface area contributed by atoms with Crippen LogP contribution in [-0.2, 0) is 12.6 Å². The molecule has 0 radical (unpaired) electrons. The Balaban J connectivity index is 2.59. The third-order valence-electron chi connectivity index (χ3n) is 3.63. The second-order valence-electron chi connectivity index (χ2n) is 4.48. The zero-order valence-corrected chi connectivity index (χ0v) is 10.2. The maximum absolute atomic E-state index is 9.29. The van der Waals surface area contributed by atoms with Gasteiger partial charge in [-0.1, -0.05) is 24.3 Å². The lowest BCUT2D eigenvalue weighted by molar-refractivity contribution is 0.294. The summed E-state index contributed by atoms with van der Waals surface area (Å²) in [5.74, 6) is 0.318. The van der Waals surface area contributed by atoms with E-state index in [0.717, 1.165) is 32.1 Å². The Bertz CT molecular complexity index is 446. The summed E-state index contributed by atoms with van der Waals surface area (Å²) < 4.78 is 0. The van der Waals surface area contributed by atoms with E-state index in [9.17, 15) is 10.5 Å². The van der Waals surface area contributed by atoms with Crippen molar-refractivity contribution in [3.63, 3.8) is 0 Å². The zero-order valence-electron chi connectivity index (χ0n) is 9.42. The van der Waals surface area contributed by atoms with Gasteiger partial charge in [0.05, 0.1) is 17.7 Å². The Morgan fingerprint density at radius 3 is 2.24 bits per heavy atom. The fourth-order valence-corrected chi connectivity index (χ4v) is 3.18. The van der Waals surface area contributed by atoms with Crippen molar-refractivity contribution in [3.8, 4) is 12.1 Å². The molecule has 0 saturated heterocycles. The van der Waals surface area contributed by atoms with E-state index in [-0.39, 0.29) is 0 Å². The Kier molecular flexibility index (Phi) is 2.95. The minimum atomic E-state index is -0.520. The van der Waals surface area contributed by atoms with Crippen LogP contribution in [0.2, 0.25) is 0 Å². The van der Waals surface area contributed by atoms with Crippen molar-refractivity contribution in [2.75, 3.05) is 0 Å². The van der Waals surface area contributed by atoms with Gasteiger partial charge >= 0.3 is 0 Å². The van der Waals surface area contributed by atoms with E-state index in [0.29, 0.717) is 22.0 Å². The molecule has 1 spiro atoms. The molecular weight excluding hydrogens is 232 g/mol. The minimum Gasteiger partial charge on any atom is -0.761 e. The molecule has 0 aromatic carbocycles. The highest BCUT2D eigenvalue weighted by Gasteiger charge is 2.43. The molecule has 3 N–H and O–H groups in total. The first-order valence-corrected chi connectivity index (χ1v) is 6.06. The summed E-state index contributed by atoms with van der Waals surface area (Å²) in [7, 11) is 0. The van der Waals surface area contributed by atoms with Crippen LogP contribution >= 0.6 is 0 Å². The molecular formula is C12H13N4S-. The third kappa shape index (κ3) is 1.64. The SMILES string of the molecule is N#CC1=C(N)NC([S-])=C(C#N)C12CCCCC2. The summed E-state index contributed by atoms with van der Waals surface area (Å²) in [5, 5.41) is 21.7. The van der Waals surface area contributed by atoms with Crippen LogP contribution in [-0.4, -0.2) is 0 Å². The average molecular weight is 245 g/mol. The molecule has 0 unspecified atom stereocenters. The monoisotopic (exact) mass is 245 g/mol. The predicted octanol–water partition coefficient (Wildman–Crippen LogP) is 1.52. The molecule has 1 fully saturated rings. The van der Waals surface area contributed by atoms with Gasteiger partial charge in [0.15, 0.2) is 0 Å². The van der Waals surface area contributed by atoms with Crippen LogP contribution in [0.5, 0.6) is 0 Å². The van der Waals surface area contributed by atoms with Crippen molar-refractivity contribution in [2.45, 2.75) is 32.1 Å². The fourth-order valence-electron chi connectivity index (χ4n) is 2.83. The van der Waals surface area contributed by atoms with Gasteiger partial charge in [-0.15, -0.1) is 0 Å². The van der Waals surface area contributed by atoms with E-state index in [1.54, 1.807) is 0 Å². The van der Waals surface area contributed by atoms with E-state index in [1.807, 2.05) is 0 Å². The van der Waals surface area contributed by atoms with Crippen molar-refractivity contribution in [1.82, 2.24) is 5.32 Å². The molecule has 0 bridgehead atoms. The number of allylic oxidation sites excluding steroid dienone is 2. The first kappa shape index (κ1) is 11.8. The molecule has 5 heteroatoms.